The average Bonchev–Trinajstić information content (AvgIpc) is 3.27. The molecule has 0 amide bonds. The van der Waals surface area contributed by atoms with Crippen LogP contribution in [0.15, 0.2) is 54.9 Å². The normalized spacial score (nSPS) is 17.7. The molecule has 5 rings (SSSR count). The highest BCUT2D eigenvalue weighted by Crippen LogP contribution is 2.35. The van der Waals surface area contributed by atoms with Crippen molar-refractivity contribution in [2.24, 2.45) is 0 Å². The number of nitrogens with one attached hydrogen (secondary N) is 1. The zero-order chi connectivity index (χ0) is 18.4. The molecule has 0 saturated carbocycles. The van der Waals surface area contributed by atoms with E-state index in [4.69, 9.17) is 0 Å². The molecule has 0 bridgehead atoms. The van der Waals surface area contributed by atoms with Crippen LogP contribution in [0.1, 0.15) is 27.6 Å². The Kier molecular flexibility index (Phi) is 3.91. The molecule has 27 heavy (non-hydrogen) atoms. The Bertz CT molecular complexity index is 1100. The fourth-order valence-corrected chi connectivity index (χ4v) is 5.07. The molecule has 1 unspecified atom stereocenters. The summed E-state index contributed by atoms with van der Waals surface area (Å²) in [6.45, 7) is 1.79. The molecule has 0 fully saturated rings. The van der Waals surface area contributed by atoms with Crippen molar-refractivity contribution in [2.45, 2.75) is 19.0 Å². The summed E-state index contributed by atoms with van der Waals surface area (Å²) in [5, 5.41) is 14.9. The highest BCUT2D eigenvalue weighted by Gasteiger charge is 2.34. The highest BCUT2D eigenvalue weighted by molar-refractivity contribution is 7.17. The van der Waals surface area contributed by atoms with Gasteiger partial charge in [0.25, 0.3) is 0 Å². The van der Waals surface area contributed by atoms with Crippen LogP contribution in [0.25, 0.3) is 4.96 Å². The lowest BCUT2D eigenvalue weighted by molar-refractivity contribution is -0.940. The number of aromatic nitrogens is 3. The molecule has 2 N–H and O–H groups in total. The van der Waals surface area contributed by atoms with Gasteiger partial charge in [-0.1, -0.05) is 35.6 Å². The van der Waals surface area contributed by atoms with Gasteiger partial charge in [0.05, 0.1) is 6.54 Å². The Morgan fingerprint density at radius 1 is 1.11 bits per heavy atom. The van der Waals surface area contributed by atoms with Crippen molar-refractivity contribution < 1.29 is 14.4 Å². The summed E-state index contributed by atoms with van der Waals surface area (Å²) in [5.74, 6) is -0.142. The maximum atomic E-state index is 13.5. The minimum absolute atomic E-state index is 0.104. The van der Waals surface area contributed by atoms with E-state index in [0.717, 1.165) is 30.0 Å². The van der Waals surface area contributed by atoms with Gasteiger partial charge in [0.2, 0.25) is 10.8 Å². The van der Waals surface area contributed by atoms with Crippen molar-refractivity contribution in [2.75, 3.05) is 6.54 Å². The maximum absolute atomic E-state index is 13.5. The summed E-state index contributed by atoms with van der Waals surface area (Å²) >= 11 is 1.44. The van der Waals surface area contributed by atoms with Crippen LogP contribution < -0.4 is 4.90 Å². The van der Waals surface area contributed by atoms with Gasteiger partial charge in [0, 0.05) is 17.5 Å². The summed E-state index contributed by atoms with van der Waals surface area (Å²) in [4.78, 5) is 7.00. The molecule has 2 aromatic carbocycles. The minimum Gasteiger partial charge on any atom is -0.492 e. The van der Waals surface area contributed by atoms with Crippen molar-refractivity contribution in [3.8, 4) is 5.88 Å². The summed E-state index contributed by atoms with van der Waals surface area (Å²) in [6, 6.07) is 15.0. The van der Waals surface area contributed by atoms with E-state index in [1.807, 2.05) is 12.1 Å². The predicted octanol–water partition coefficient (Wildman–Crippen LogP) is 2.37. The minimum atomic E-state index is -0.261. The summed E-state index contributed by atoms with van der Waals surface area (Å²) in [6.07, 6.45) is 2.41. The SMILES string of the molecule is Oc1c([C@H](c2ccc(F)cc2)[NH+]2CCc3ccccc3C2)sc2ncnn12. The molecule has 0 spiro atoms. The second kappa shape index (κ2) is 6.44. The first kappa shape index (κ1) is 16.4. The third-order valence-corrected chi connectivity index (χ3v) is 6.36. The van der Waals surface area contributed by atoms with E-state index in [2.05, 4.69) is 34.3 Å². The molecule has 1 aliphatic rings. The van der Waals surface area contributed by atoms with Gasteiger partial charge in [-0.3, -0.25) is 0 Å². The second-order valence-corrected chi connectivity index (χ2v) is 7.84. The zero-order valence-electron chi connectivity index (χ0n) is 14.5. The monoisotopic (exact) mass is 381 g/mol. The van der Waals surface area contributed by atoms with Crippen LogP contribution in [0, 0.1) is 5.82 Å². The van der Waals surface area contributed by atoms with Gasteiger partial charge in [0.1, 0.15) is 23.6 Å². The van der Waals surface area contributed by atoms with Crippen LogP contribution in [0.3, 0.4) is 0 Å². The second-order valence-electron chi connectivity index (χ2n) is 6.83. The summed E-state index contributed by atoms with van der Waals surface area (Å²) in [5.41, 5.74) is 3.68. The van der Waals surface area contributed by atoms with Crippen molar-refractivity contribution in [1.82, 2.24) is 14.6 Å². The Morgan fingerprint density at radius 2 is 1.89 bits per heavy atom. The lowest BCUT2D eigenvalue weighted by Crippen LogP contribution is -3.12. The average molecular weight is 381 g/mol. The Morgan fingerprint density at radius 3 is 2.67 bits per heavy atom. The van der Waals surface area contributed by atoms with Gasteiger partial charge in [-0.2, -0.15) is 9.61 Å². The van der Waals surface area contributed by atoms with E-state index < -0.39 is 0 Å². The lowest BCUT2D eigenvalue weighted by atomic mass is 9.96. The van der Waals surface area contributed by atoms with Crippen molar-refractivity contribution in [3.63, 3.8) is 0 Å². The van der Waals surface area contributed by atoms with E-state index in [1.165, 1.54) is 50.3 Å². The Balaban J connectivity index is 1.61. The fraction of sp³-hybridized carbons (Fsp3) is 0.200. The molecule has 3 heterocycles. The molecule has 2 aromatic heterocycles. The topological polar surface area (TPSA) is 54.9 Å². The van der Waals surface area contributed by atoms with Crippen molar-refractivity contribution >= 4 is 16.3 Å². The number of nitrogens with zero attached hydrogens (tertiary/aromatic N) is 3. The number of aromatic hydroxyl groups is 1. The molecule has 0 aliphatic carbocycles. The van der Waals surface area contributed by atoms with Crippen LogP contribution >= 0.6 is 11.3 Å². The standard InChI is InChI=1S/C20H17FN4OS/c21-16-7-5-14(6-8-16)17(18-19(26)25-20(27-18)22-12-23-25)24-10-9-13-3-1-2-4-15(13)11-24/h1-8,12,17,26H,9-11H2/p+1/t17-/m0/s1. The van der Waals surface area contributed by atoms with E-state index in [9.17, 15) is 9.50 Å². The van der Waals surface area contributed by atoms with Crippen LogP contribution in [0.4, 0.5) is 4.39 Å². The number of benzene rings is 2. The first-order chi connectivity index (χ1) is 13.2. The molecule has 136 valence electrons. The van der Waals surface area contributed by atoms with Crippen molar-refractivity contribution in [3.05, 3.63) is 82.2 Å². The van der Waals surface area contributed by atoms with Gasteiger partial charge in [0.15, 0.2) is 6.04 Å². The largest absolute Gasteiger partial charge is 0.492 e. The van der Waals surface area contributed by atoms with E-state index >= 15 is 0 Å². The number of fused-ring (bicyclic) bond motifs is 2. The molecule has 7 heteroatoms. The van der Waals surface area contributed by atoms with Gasteiger partial charge in [-0.05, 0) is 29.8 Å². The Labute approximate surface area is 159 Å². The number of quaternary nitrogens is 1. The third kappa shape index (κ3) is 2.79. The highest BCUT2D eigenvalue weighted by atomic mass is 32.1. The molecule has 0 saturated heterocycles. The predicted molar refractivity (Wildman–Crippen MR) is 100 cm³/mol. The lowest BCUT2D eigenvalue weighted by Gasteiger charge is -2.32. The fourth-order valence-electron chi connectivity index (χ4n) is 3.96. The number of rotatable bonds is 3. The number of halogens is 1. The molecule has 0 radical (unpaired) electrons. The van der Waals surface area contributed by atoms with Gasteiger partial charge in [-0.25, -0.2) is 9.37 Å². The van der Waals surface area contributed by atoms with E-state index in [-0.39, 0.29) is 17.7 Å². The number of hydrogen-bond acceptors (Lipinski definition) is 4. The van der Waals surface area contributed by atoms with Gasteiger partial charge >= 0.3 is 0 Å². The maximum Gasteiger partial charge on any atom is 0.235 e. The van der Waals surface area contributed by atoms with Crippen LogP contribution in [0.5, 0.6) is 5.88 Å². The molecule has 5 nitrogen and oxygen atoms in total. The number of hydrogen-bond donors (Lipinski definition) is 2. The smallest absolute Gasteiger partial charge is 0.235 e. The molecule has 4 aromatic rings. The number of thiazole rings is 1. The third-order valence-electron chi connectivity index (χ3n) is 5.26. The summed E-state index contributed by atoms with van der Waals surface area (Å²) in [7, 11) is 0. The van der Waals surface area contributed by atoms with Crippen LogP contribution in [0.2, 0.25) is 0 Å². The molecular weight excluding hydrogens is 363 g/mol. The first-order valence-electron chi connectivity index (χ1n) is 8.89. The molecule has 2 atom stereocenters. The van der Waals surface area contributed by atoms with Gasteiger partial charge in [-0.15, -0.1) is 0 Å². The van der Waals surface area contributed by atoms with E-state index in [0.29, 0.717) is 4.96 Å². The van der Waals surface area contributed by atoms with Crippen LogP contribution in [-0.4, -0.2) is 26.2 Å². The summed E-state index contributed by atoms with van der Waals surface area (Å²) < 4.78 is 15.0. The van der Waals surface area contributed by atoms with E-state index in [1.54, 1.807) is 0 Å². The molecule has 1 aliphatic heterocycles. The zero-order valence-corrected chi connectivity index (χ0v) is 15.3. The first-order valence-corrected chi connectivity index (χ1v) is 9.70. The van der Waals surface area contributed by atoms with Crippen molar-refractivity contribution in [1.29, 1.82) is 0 Å². The Hall–Kier alpha value is -2.77. The quantitative estimate of drug-likeness (QED) is 0.573. The molecular formula is C20H18FN4OS+. The van der Waals surface area contributed by atoms with Crippen LogP contribution in [-0.2, 0) is 13.0 Å². The van der Waals surface area contributed by atoms with Gasteiger partial charge < -0.3 is 10.0 Å².